The zero-order valence-electron chi connectivity index (χ0n) is 14.3. The van der Waals surface area contributed by atoms with Crippen molar-refractivity contribution in [3.8, 4) is 11.4 Å². The monoisotopic (exact) mass is 351 g/mol. The quantitative estimate of drug-likeness (QED) is 0.684. The molecule has 1 aromatic heterocycles. The summed E-state index contributed by atoms with van der Waals surface area (Å²) in [5.74, 6) is 0.840. The summed E-state index contributed by atoms with van der Waals surface area (Å²) in [6.07, 6.45) is 0. The van der Waals surface area contributed by atoms with Gasteiger partial charge >= 0.3 is 0 Å². The first kappa shape index (κ1) is 17.3. The lowest BCUT2D eigenvalue weighted by Crippen LogP contribution is -2.20. The van der Waals surface area contributed by atoms with E-state index in [4.69, 9.17) is 4.74 Å². The van der Waals surface area contributed by atoms with Gasteiger partial charge in [0.05, 0.1) is 5.69 Å². The third-order valence-electron chi connectivity index (χ3n) is 3.63. The number of hydrogen-bond donors (Lipinski definition) is 1. The third-order valence-corrected chi connectivity index (χ3v) is 3.63. The Hall–Kier alpha value is -3.55. The van der Waals surface area contributed by atoms with E-state index in [2.05, 4.69) is 20.8 Å². The van der Waals surface area contributed by atoms with Crippen LogP contribution < -0.4 is 10.1 Å². The molecule has 0 atom stereocenters. The van der Waals surface area contributed by atoms with Crippen molar-refractivity contribution >= 4 is 17.4 Å². The first-order valence-electron chi connectivity index (χ1n) is 7.92. The van der Waals surface area contributed by atoms with E-state index in [0.717, 1.165) is 5.69 Å². The number of carbonyl (C=O) groups excluding carboxylic acids is 2. The second-order valence-corrected chi connectivity index (χ2v) is 5.61. The van der Waals surface area contributed by atoms with E-state index in [1.165, 1.54) is 6.92 Å². The van der Waals surface area contributed by atoms with Gasteiger partial charge in [0.1, 0.15) is 5.75 Å². The molecule has 3 rings (SSSR count). The Morgan fingerprint density at radius 2 is 1.92 bits per heavy atom. The number of ether oxygens (including phenoxy) is 1. The highest BCUT2D eigenvalue weighted by Gasteiger charge is 2.08. The minimum atomic E-state index is -0.300. The second-order valence-electron chi connectivity index (χ2n) is 5.61. The van der Waals surface area contributed by atoms with Crippen LogP contribution in [0.25, 0.3) is 5.69 Å². The zero-order valence-corrected chi connectivity index (χ0v) is 14.3. The molecule has 1 N–H and O–H groups in total. The average molecular weight is 351 g/mol. The Balaban J connectivity index is 1.60. The maximum atomic E-state index is 12.1. The molecule has 0 bridgehead atoms. The minimum absolute atomic E-state index is 0.0213. The maximum absolute atomic E-state index is 12.1. The number of nitrogens with zero attached hydrogens (tertiary/aromatic N) is 4. The Labute approximate surface area is 149 Å². The second kappa shape index (κ2) is 7.56. The molecule has 8 heteroatoms. The van der Waals surface area contributed by atoms with Gasteiger partial charge in [-0.15, -0.1) is 5.10 Å². The molecule has 0 spiro atoms. The number of hydrogen-bond acceptors (Lipinski definition) is 6. The number of ketones is 1. The lowest BCUT2D eigenvalue weighted by Gasteiger charge is -2.09. The molecule has 0 radical (unpaired) electrons. The van der Waals surface area contributed by atoms with Crippen molar-refractivity contribution < 1.29 is 14.3 Å². The molecule has 2 aromatic carbocycles. The fraction of sp³-hybridized carbons (Fsp3) is 0.167. The molecule has 1 heterocycles. The van der Waals surface area contributed by atoms with Gasteiger partial charge in [-0.3, -0.25) is 9.59 Å². The Bertz CT molecular complexity index is 934. The molecule has 1 amide bonds. The maximum Gasteiger partial charge on any atom is 0.262 e. The lowest BCUT2D eigenvalue weighted by molar-refractivity contribution is -0.118. The van der Waals surface area contributed by atoms with Crippen LogP contribution in [0.1, 0.15) is 23.1 Å². The van der Waals surface area contributed by atoms with Crippen molar-refractivity contribution in [3.05, 3.63) is 59.9 Å². The molecule has 0 saturated carbocycles. The fourth-order valence-corrected chi connectivity index (χ4v) is 2.32. The third kappa shape index (κ3) is 4.10. The molecule has 0 fully saturated rings. The van der Waals surface area contributed by atoms with Crippen molar-refractivity contribution in [2.24, 2.45) is 0 Å². The molecule has 132 valence electrons. The fourth-order valence-electron chi connectivity index (χ4n) is 2.32. The van der Waals surface area contributed by atoms with E-state index < -0.39 is 0 Å². The minimum Gasteiger partial charge on any atom is -0.484 e. The highest BCUT2D eigenvalue weighted by atomic mass is 16.5. The number of tetrazole rings is 1. The van der Waals surface area contributed by atoms with Gasteiger partial charge in [-0.25, -0.2) is 0 Å². The number of aromatic nitrogens is 4. The van der Waals surface area contributed by atoms with Crippen LogP contribution in [0.3, 0.4) is 0 Å². The van der Waals surface area contributed by atoms with Crippen LogP contribution in [-0.2, 0) is 4.79 Å². The largest absolute Gasteiger partial charge is 0.484 e. The molecule has 0 aliphatic carbocycles. The van der Waals surface area contributed by atoms with E-state index in [1.807, 2.05) is 6.07 Å². The highest BCUT2D eigenvalue weighted by Crippen LogP contribution is 2.15. The first-order valence-corrected chi connectivity index (χ1v) is 7.92. The van der Waals surface area contributed by atoms with Crippen molar-refractivity contribution in [3.63, 3.8) is 0 Å². The number of rotatable bonds is 6. The standard InChI is InChI=1S/C18H17N5O3/c1-12(24)14-6-8-17(9-7-14)26-11-18(25)19-15-4-3-5-16(10-15)23-13(2)20-21-22-23/h3-10H,11H2,1-2H3,(H,19,25). The molecule has 0 saturated heterocycles. The van der Waals surface area contributed by atoms with Gasteiger partial charge in [-0.05, 0) is 66.7 Å². The topological polar surface area (TPSA) is 99.0 Å². The lowest BCUT2D eigenvalue weighted by atomic mass is 10.1. The summed E-state index contributed by atoms with van der Waals surface area (Å²) in [7, 11) is 0. The highest BCUT2D eigenvalue weighted by molar-refractivity contribution is 5.94. The molecular weight excluding hydrogens is 334 g/mol. The number of amides is 1. The zero-order chi connectivity index (χ0) is 18.5. The molecule has 3 aromatic rings. The summed E-state index contributed by atoms with van der Waals surface area (Å²) in [6, 6.07) is 13.8. The van der Waals surface area contributed by atoms with E-state index in [9.17, 15) is 9.59 Å². The molecule has 0 aliphatic rings. The number of nitrogens with one attached hydrogen (secondary N) is 1. The van der Waals surface area contributed by atoms with Crippen LogP contribution in [0.5, 0.6) is 5.75 Å². The van der Waals surface area contributed by atoms with E-state index in [0.29, 0.717) is 22.8 Å². The smallest absolute Gasteiger partial charge is 0.262 e. The van der Waals surface area contributed by atoms with Gasteiger partial charge in [-0.2, -0.15) is 4.68 Å². The van der Waals surface area contributed by atoms with E-state index >= 15 is 0 Å². The van der Waals surface area contributed by atoms with E-state index in [1.54, 1.807) is 54.1 Å². The average Bonchev–Trinajstić information content (AvgIpc) is 3.06. The molecule has 0 aliphatic heterocycles. The number of benzene rings is 2. The number of aryl methyl sites for hydroxylation is 1. The summed E-state index contributed by atoms with van der Waals surface area (Å²) in [5.41, 5.74) is 1.94. The van der Waals surface area contributed by atoms with Crippen molar-refractivity contribution in [1.82, 2.24) is 20.2 Å². The number of carbonyl (C=O) groups is 2. The summed E-state index contributed by atoms with van der Waals surface area (Å²) in [4.78, 5) is 23.3. The normalized spacial score (nSPS) is 10.4. The van der Waals surface area contributed by atoms with Crippen LogP contribution in [0, 0.1) is 6.92 Å². The van der Waals surface area contributed by atoms with Crippen molar-refractivity contribution in [2.45, 2.75) is 13.8 Å². The summed E-state index contributed by atoms with van der Waals surface area (Å²) in [6.45, 7) is 3.14. The van der Waals surface area contributed by atoms with Crippen LogP contribution in [0.4, 0.5) is 5.69 Å². The van der Waals surface area contributed by atoms with Crippen LogP contribution >= 0.6 is 0 Å². The molecule has 0 unspecified atom stereocenters. The number of Topliss-reactive ketones (excluding diaryl/α,β-unsaturated/α-hetero) is 1. The molecule has 26 heavy (non-hydrogen) atoms. The predicted molar refractivity (Wildman–Crippen MR) is 94.5 cm³/mol. The van der Waals surface area contributed by atoms with Gasteiger partial charge in [0.25, 0.3) is 5.91 Å². The van der Waals surface area contributed by atoms with Crippen LogP contribution in [0.15, 0.2) is 48.5 Å². The van der Waals surface area contributed by atoms with Gasteiger partial charge in [0.2, 0.25) is 0 Å². The van der Waals surface area contributed by atoms with Crippen LogP contribution in [0.2, 0.25) is 0 Å². The van der Waals surface area contributed by atoms with Gasteiger partial charge in [-0.1, -0.05) is 6.07 Å². The van der Waals surface area contributed by atoms with E-state index in [-0.39, 0.29) is 18.3 Å². The SMILES string of the molecule is CC(=O)c1ccc(OCC(=O)Nc2cccc(-n3nnnc3C)c2)cc1. The van der Waals surface area contributed by atoms with Gasteiger partial charge in [0, 0.05) is 11.3 Å². The Kier molecular flexibility index (Phi) is 5.02. The Morgan fingerprint density at radius 1 is 1.15 bits per heavy atom. The van der Waals surface area contributed by atoms with Gasteiger partial charge < -0.3 is 10.1 Å². The molecular formula is C18H17N5O3. The summed E-state index contributed by atoms with van der Waals surface area (Å²) < 4.78 is 7.01. The summed E-state index contributed by atoms with van der Waals surface area (Å²) >= 11 is 0. The predicted octanol–water partition coefficient (Wildman–Crippen LogP) is 2.19. The van der Waals surface area contributed by atoms with Gasteiger partial charge in [0.15, 0.2) is 18.2 Å². The Morgan fingerprint density at radius 3 is 2.58 bits per heavy atom. The first-order chi connectivity index (χ1) is 12.5. The van der Waals surface area contributed by atoms with Crippen LogP contribution in [-0.4, -0.2) is 38.5 Å². The van der Waals surface area contributed by atoms with Crippen molar-refractivity contribution in [2.75, 3.05) is 11.9 Å². The molecule has 8 nitrogen and oxygen atoms in total. The van der Waals surface area contributed by atoms with Crippen molar-refractivity contribution in [1.29, 1.82) is 0 Å². The number of anilines is 1. The summed E-state index contributed by atoms with van der Waals surface area (Å²) in [5, 5.41) is 14.1.